The van der Waals surface area contributed by atoms with Crippen LogP contribution in [-0.2, 0) is 0 Å². The van der Waals surface area contributed by atoms with Crippen molar-refractivity contribution < 1.29 is 0 Å². The van der Waals surface area contributed by atoms with E-state index in [9.17, 15) is 0 Å². The molecule has 0 aliphatic rings. The lowest BCUT2D eigenvalue weighted by Gasteiger charge is -1.97. The Morgan fingerprint density at radius 3 is 3.00 bits per heavy atom. The summed E-state index contributed by atoms with van der Waals surface area (Å²) >= 11 is 0. The fraction of sp³-hybridized carbons (Fsp3) is 0.143. The van der Waals surface area contributed by atoms with Crippen LogP contribution in [0.1, 0.15) is 5.69 Å². The zero-order valence-corrected chi connectivity index (χ0v) is 6.28. The smallest absolute Gasteiger partial charge is 0.106 e. The number of nitrogens with one attached hydrogen (secondary N) is 1. The second-order valence-electron chi connectivity index (χ2n) is 2.08. The summed E-state index contributed by atoms with van der Waals surface area (Å²) in [5.74, 6) is 0. The summed E-state index contributed by atoms with van der Waals surface area (Å²) in [5.41, 5.74) is 9.54. The maximum Gasteiger partial charge on any atom is 0.106 e. The van der Waals surface area contributed by atoms with Crippen molar-refractivity contribution in [1.82, 2.24) is 4.98 Å². The van der Waals surface area contributed by atoms with Crippen molar-refractivity contribution in [3.8, 4) is 0 Å². The molecule has 1 aromatic rings. The van der Waals surface area contributed by atoms with Gasteiger partial charge >= 0.3 is 0 Å². The molecule has 0 saturated heterocycles. The van der Waals surface area contributed by atoms with Gasteiger partial charge in [-0.05, 0) is 19.1 Å². The number of hydrazone groups is 1. The predicted octanol–water partition coefficient (Wildman–Crippen LogP) is 0.704. The summed E-state index contributed by atoms with van der Waals surface area (Å²) in [6, 6.07) is 3.78. The molecule has 4 nitrogen and oxygen atoms in total. The Morgan fingerprint density at radius 1 is 1.64 bits per heavy atom. The second kappa shape index (κ2) is 3.55. The first-order valence-corrected chi connectivity index (χ1v) is 3.25. The Hall–Kier alpha value is -1.58. The van der Waals surface area contributed by atoms with Gasteiger partial charge in [-0.3, -0.25) is 10.4 Å². The number of hydrogen-bond acceptors (Lipinski definition) is 3. The molecular weight excluding hydrogens is 140 g/mol. The SMILES string of the molecule is Cc1ccc(NN=CN)cn1. The summed E-state index contributed by atoms with van der Waals surface area (Å²) in [7, 11) is 0. The third-order valence-electron chi connectivity index (χ3n) is 1.18. The van der Waals surface area contributed by atoms with E-state index in [1.807, 2.05) is 19.1 Å². The molecule has 0 fully saturated rings. The van der Waals surface area contributed by atoms with E-state index in [-0.39, 0.29) is 0 Å². The molecule has 1 heterocycles. The van der Waals surface area contributed by atoms with Gasteiger partial charge < -0.3 is 5.73 Å². The molecule has 1 aromatic heterocycles. The van der Waals surface area contributed by atoms with Gasteiger partial charge in [-0.25, -0.2) is 0 Å². The average molecular weight is 150 g/mol. The standard InChI is InChI=1S/C7H10N4/c1-6-2-3-7(4-9-6)11-10-5-8/h2-5,11H,1H3,(H2,8,10). The molecule has 0 aromatic carbocycles. The highest BCUT2D eigenvalue weighted by atomic mass is 15.3. The first-order valence-electron chi connectivity index (χ1n) is 3.25. The lowest BCUT2D eigenvalue weighted by molar-refractivity contribution is 1.18. The van der Waals surface area contributed by atoms with Crippen molar-refractivity contribution in [1.29, 1.82) is 0 Å². The average Bonchev–Trinajstić information content (AvgIpc) is 2.04. The lowest BCUT2D eigenvalue weighted by Crippen LogP contribution is -1.95. The fourth-order valence-corrected chi connectivity index (χ4v) is 0.646. The van der Waals surface area contributed by atoms with Crippen LogP contribution in [0.5, 0.6) is 0 Å². The van der Waals surface area contributed by atoms with Crippen LogP contribution in [0.15, 0.2) is 23.4 Å². The third kappa shape index (κ3) is 2.25. The van der Waals surface area contributed by atoms with Crippen LogP contribution in [0.25, 0.3) is 0 Å². The molecule has 0 amide bonds. The number of hydrogen-bond donors (Lipinski definition) is 2. The van der Waals surface area contributed by atoms with E-state index in [1.54, 1.807) is 6.20 Å². The van der Waals surface area contributed by atoms with E-state index < -0.39 is 0 Å². The van der Waals surface area contributed by atoms with Gasteiger partial charge in [0.2, 0.25) is 0 Å². The highest BCUT2D eigenvalue weighted by Crippen LogP contribution is 2.04. The first kappa shape index (κ1) is 7.53. The van der Waals surface area contributed by atoms with Gasteiger partial charge in [0.15, 0.2) is 0 Å². The molecule has 1 rings (SSSR count). The molecule has 0 unspecified atom stereocenters. The number of pyridine rings is 1. The quantitative estimate of drug-likeness (QED) is 0.370. The molecule has 0 spiro atoms. The third-order valence-corrected chi connectivity index (χ3v) is 1.18. The molecule has 11 heavy (non-hydrogen) atoms. The molecule has 0 radical (unpaired) electrons. The van der Waals surface area contributed by atoms with Crippen LogP contribution in [0.4, 0.5) is 5.69 Å². The van der Waals surface area contributed by atoms with E-state index in [2.05, 4.69) is 15.5 Å². The summed E-state index contributed by atoms with van der Waals surface area (Å²) in [6.07, 6.45) is 2.89. The highest BCUT2D eigenvalue weighted by Gasteiger charge is 1.87. The molecule has 0 saturated carbocycles. The van der Waals surface area contributed by atoms with Gasteiger partial charge in [-0.2, -0.15) is 5.10 Å². The maximum absolute atomic E-state index is 5.03. The van der Waals surface area contributed by atoms with Crippen LogP contribution in [0.3, 0.4) is 0 Å². The second-order valence-corrected chi connectivity index (χ2v) is 2.08. The molecule has 0 aliphatic carbocycles. The van der Waals surface area contributed by atoms with E-state index in [4.69, 9.17) is 5.73 Å². The number of nitrogens with zero attached hydrogens (tertiary/aromatic N) is 2. The van der Waals surface area contributed by atoms with Crippen molar-refractivity contribution in [2.75, 3.05) is 5.43 Å². The summed E-state index contributed by atoms with van der Waals surface area (Å²) in [4.78, 5) is 4.05. The Bertz CT molecular complexity index is 239. The zero-order valence-electron chi connectivity index (χ0n) is 6.28. The van der Waals surface area contributed by atoms with E-state index in [1.165, 1.54) is 6.34 Å². The Morgan fingerprint density at radius 2 is 2.45 bits per heavy atom. The van der Waals surface area contributed by atoms with Crippen LogP contribution in [-0.4, -0.2) is 11.3 Å². The molecule has 58 valence electrons. The van der Waals surface area contributed by atoms with Gasteiger partial charge in [0.05, 0.1) is 11.9 Å². The van der Waals surface area contributed by atoms with Gasteiger partial charge in [-0.1, -0.05) is 0 Å². The van der Waals surface area contributed by atoms with Gasteiger partial charge in [0, 0.05) is 5.69 Å². The Labute approximate surface area is 65.1 Å². The van der Waals surface area contributed by atoms with Gasteiger partial charge in [0.25, 0.3) is 0 Å². The molecule has 0 bridgehead atoms. The molecule has 3 N–H and O–H groups in total. The molecule has 0 aliphatic heterocycles. The number of rotatable bonds is 2. The molecule has 0 atom stereocenters. The van der Waals surface area contributed by atoms with Crippen LogP contribution < -0.4 is 11.2 Å². The Balaban J connectivity index is 2.66. The van der Waals surface area contributed by atoms with E-state index in [0.29, 0.717) is 0 Å². The highest BCUT2D eigenvalue weighted by molar-refractivity contribution is 5.54. The zero-order chi connectivity index (χ0) is 8.10. The monoisotopic (exact) mass is 150 g/mol. The topological polar surface area (TPSA) is 63.3 Å². The van der Waals surface area contributed by atoms with Crippen LogP contribution in [0.2, 0.25) is 0 Å². The summed E-state index contributed by atoms with van der Waals surface area (Å²) in [5, 5.41) is 3.63. The van der Waals surface area contributed by atoms with Gasteiger partial charge in [0.1, 0.15) is 6.34 Å². The van der Waals surface area contributed by atoms with Crippen molar-refractivity contribution in [3.05, 3.63) is 24.0 Å². The maximum atomic E-state index is 5.03. The Kier molecular flexibility index (Phi) is 2.43. The minimum atomic E-state index is 0.831. The van der Waals surface area contributed by atoms with Crippen molar-refractivity contribution >= 4 is 12.0 Å². The number of nitrogens with two attached hydrogens (primary N) is 1. The van der Waals surface area contributed by atoms with E-state index >= 15 is 0 Å². The number of anilines is 1. The first-order chi connectivity index (χ1) is 5.33. The summed E-state index contributed by atoms with van der Waals surface area (Å²) in [6.45, 7) is 1.93. The molecule has 4 heteroatoms. The predicted molar refractivity (Wildman–Crippen MR) is 45.3 cm³/mol. The minimum absolute atomic E-state index is 0.831. The van der Waals surface area contributed by atoms with E-state index in [0.717, 1.165) is 11.4 Å². The normalized spacial score (nSPS) is 10.3. The van der Waals surface area contributed by atoms with Crippen LogP contribution in [0, 0.1) is 6.92 Å². The van der Waals surface area contributed by atoms with Crippen molar-refractivity contribution in [2.24, 2.45) is 10.8 Å². The van der Waals surface area contributed by atoms with Crippen molar-refractivity contribution in [3.63, 3.8) is 0 Å². The fourth-order valence-electron chi connectivity index (χ4n) is 0.646. The number of aryl methyl sites for hydroxylation is 1. The van der Waals surface area contributed by atoms with Crippen LogP contribution >= 0.6 is 0 Å². The minimum Gasteiger partial charge on any atom is -0.388 e. The lowest BCUT2D eigenvalue weighted by atomic mass is 10.3. The number of aromatic nitrogens is 1. The van der Waals surface area contributed by atoms with Gasteiger partial charge in [-0.15, -0.1) is 0 Å². The molecular formula is C7H10N4. The largest absolute Gasteiger partial charge is 0.388 e. The van der Waals surface area contributed by atoms with Crippen molar-refractivity contribution in [2.45, 2.75) is 6.92 Å². The summed E-state index contributed by atoms with van der Waals surface area (Å²) < 4.78 is 0.